The van der Waals surface area contributed by atoms with Gasteiger partial charge in [-0.05, 0) is 36.4 Å². The second-order valence-corrected chi connectivity index (χ2v) is 7.38. The van der Waals surface area contributed by atoms with Crippen LogP contribution in [0.3, 0.4) is 0 Å². The second kappa shape index (κ2) is 6.85. The number of carbonyl (C=O) groups is 3. The van der Waals surface area contributed by atoms with Crippen molar-refractivity contribution in [3.63, 3.8) is 0 Å². The number of halogens is 1. The van der Waals surface area contributed by atoms with Crippen LogP contribution in [0.4, 0.5) is 10.3 Å². The maximum Gasteiger partial charge on any atom is 0.262 e. The zero-order valence-electron chi connectivity index (χ0n) is 15.2. The van der Waals surface area contributed by atoms with Crippen molar-refractivity contribution in [2.24, 2.45) is 0 Å². The summed E-state index contributed by atoms with van der Waals surface area (Å²) in [7, 11) is 0. The van der Waals surface area contributed by atoms with Gasteiger partial charge in [-0.3, -0.25) is 24.6 Å². The maximum atomic E-state index is 13.2. The molecule has 1 aliphatic heterocycles. The van der Waals surface area contributed by atoms with Crippen molar-refractivity contribution >= 4 is 40.0 Å². The fraction of sp³-hybridized carbons (Fsp3) is 0.0500. The van der Waals surface area contributed by atoms with Gasteiger partial charge in [0.05, 0.1) is 16.8 Å². The monoisotopic (exact) mass is 421 g/mol. The number of anilines is 1. The maximum absolute atomic E-state index is 13.2. The third-order valence-corrected chi connectivity index (χ3v) is 5.47. The SMILES string of the molecule is O=C(CN1C(=O)c2ccccc2C1=O)Nc1nc2scc(-c3ccc(F)cc3)n2n1. The molecule has 3 heterocycles. The first-order chi connectivity index (χ1) is 14.5. The van der Waals surface area contributed by atoms with E-state index in [1.807, 2.05) is 5.38 Å². The van der Waals surface area contributed by atoms with E-state index >= 15 is 0 Å². The minimum Gasteiger partial charge on any atom is -0.292 e. The average Bonchev–Trinajstić information content (AvgIpc) is 3.38. The average molecular weight is 421 g/mol. The highest BCUT2D eigenvalue weighted by Crippen LogP contribution is 2.26. The lowest BCUT2D eigenvalue weighted by Gasteiger charge is -2.12. The van der Waals surface area contributed by atoms with Gasteiger partial charge in [0, 0.05) is 10.9 Å². The number of carbonyl (C=O) groups excluding carboxylic acids is 3. The summed E-state index contributed by atoms with van der Waals surface area (Å²) in [4.78, 5) is 42.9. The molecule has 1 aliphatic rings. The molecule has 2 aromatic heterocycles. The molecule has 0 unspecified atom stereocenters. The lowest BCUT2D eigenvalue weighted by molar-refractivity contribution is -0.116. The van der Waals surface area contributed by atoms with E-state index in [1.165, 1.54) is 28.0 Å². The number of rotatable bonds is 4. The van der Waals surface area contributed by atoms with Crippen molar-refractivity contribution in [1.29, 1.82) is 0 Å². The lowest BCUT2D eigenvalue weighted by atomic mass is 10.1. The Hall–Kier alpha value is -3.92. The predicted molar refractivity (Wildman–Crippen MR) is 107 cm³/mol. The van der Waals surface area contributed by atoms with E-state index in [-0.39, 0.29) is 22.9 Å². The van der Waals surface area contributed by atoms with Gasteiger partial charge in [0.25, 0.3) is 17.8 Å². The summed E-state index contributed by atoms with van der Waals surface area (Å²) in [5, 5.41) is 8.61. The lowest BCUT2D eigenvalue weighted by Crippen LogP contribution is -2.37. The van der Waals surface area contributed by atoms with E-state index < -0.39 is 24.3 Å². The van der Waals surface area contributed by atoms with E-state index in [2.05, 4.69) is 15.4 Å². The molecule has 1 N–H and O–H groups in total. The normalized spacial score (nSPS) is 13.2. The third-order valence-electron chi connectivity index (χ3n) is 4.65. The van der Waals surface area contributed by atoms with Crippen LogP contribution in [0, 0.1) is 5.82 Å². The minimum atomic E-state index is -0.592. The molecule has 0 aliphatic carbocycles. The molecule has 0 saturated carbocycles. The number of hydrogen-bond acceptors (Lipinski definition) is 6. The number of fused-ring (bicyclic) bond motifs is 2. The van der Waals surface area contributed by atoms with Gasteiger partial charge in [0.15, 0.2) is 0 Å². The smallest absolute Gasteiger partial charge is 0.262 e. The summed E-state index contributed by atoms with van der Waals surface area (Å²) in [5.74, 6) is -1.91. The van der Waals surface area contributed by atoms with Crippen molar-refractivity contribution < 1.29 is 18.8 Å². The van der Waals surface area contributed by atoms with Crippen LogP contribution >= 0.6 is 11.3 Å². The summed E-state index contributed by atoms with van der Waals surface area (Å²) < 4.78 is 14.7. The Morgan fingerprint density at radius 3 is 2.37 bits per heavy atom. The number of aromatic nitrogens is 3. The first-order valence-electron chi connectivity index (χ1n) is 8.86. The van der Waals surface area contributed by atoms with Crippen LogP contribution in [0.1, 0.15) is 20.7 Å². The second-order valence-electron chi connectivity index (χ2n) is 6.55. The molecule has 30 heavy (non-hydrogen) atoms. The molecule has 4 aromatic rings. The Balaban J connectivity index is 1.34. The molecule has 8 nitrogen and oxygen atoms in total. The van der Waals surface area contributed by atoms with Crippen molar-refractivity contribution in [2.75, 3.05) is 11.9 Å². The summed E-state index contributed by atoms with van der Waals surface area (Å²) in [6.07, 6.45) is 0. The zero-order valence-corrected chi connectivity index (χ0v) is 16.0. The molecule has 0 fully saturated rings. The molecule has 0 radical (unpaired) electrons. The first kappa shape index (κ1) is 18.1. The highest BCUT2D eigenvalue weighted by molar-refractivity contribution is 7.15. The molecule has 3 amide bonds. The van der Waals surface area contributed by atoms with Crippen LogP contribution in [0.5, 0.6) is 0 Å². The van der Waals surface area contributed by atoms with Crippen LogP contribution < -0.4 is 5.32 Å². The summed E-state index contributed by atoms with van der Waals surface area (Å²) in [5.41, 5.74) is 2.00. The van der Waals surface area contributed by atoms with E-state index in [9.17, 15) is 18.8 Å². The molecule has 10 heteroatoms. The number of amides is 3. The molecular formula is C20H12FN5O3S. The third kappa shape index (κ3) is 2.94. The van der Waals surface area contributed by atoms with Crippen molar-refractivity contribution in [3.8, 4) is 11.3 Å². The summed E-state index contributed by atoms with van der Waals surface area (Å²) in [6.45, 7) is -0.440. The Morgan fingerprint density at radius 1 is 1.03 bits per heavy atom. The number of hydrogen-bond donors (Lipinski definition) is 1. The summed E-state index contributed by atoms with van der Waals surface area (Å²) >= 11 is 1.31. The standard InChI is InChI=1S/C20H12FN5O3S/c21-12-7-5-11(6-8-12)15-10-30-20-23-19(24-26(15)20)22-16(27)9-25-17(28)13-3-1-2-4-14(13)18(25)29/h1-8,10H,9H2,(H,22,24,27). The molecule has 0 bridgehead atoms. The van der Waals surface area contributed by atoms with Crippen LogP contribution in [0.2, 0.25) is 0 Å². The van der Waals surface area contributed by atoms with Crippen molar-refractivity contribution in [1.82, 2.24) is 19.5 Å². The van der Waals surface area contributed by atoms with Crippen molar-refractivity contribution in [2.45, 2.75) is 0 Å². The molecule has 0 atom stereocenters. The number of nitrogens with zero attached hydrogens (tertiary/aromatic N) is 4. The molecule has 2 aromatic carbocycles. The predicted octanol–water partition coefficient (Wildman–Crippen LogP) is 2.83. The van der Waals surface area contributed by atoms with Crippen molar-refractivity contribution in [3.05, 3.63) is 70.9 Å². The van der Waals surface area contributed by atoms with Gasteiger partial charge in [-0.15, -0.1) is 16.4 Å². The van der Waals surface area contributed by atoms with E-state index in [1.54, 1.807) is 36.4 Å². The fourth-order valence-electron chi connectivity index (χ4n) is 3.24. The number of benzene rings is 2. The largest absolute Gasteiger partial charge is 0.292 e. The number of thiazole rings is 1. The Bertz CT molecular complexity index is 1290. The van der Waals surface area contributed by atoms with Crippen LogP contribution in [0.25, 0.3) is 16.2 Å². The zero-order chi connectivity index (χ0) is 20.8. The Labute approximate surface area is 172 Å². The molecule has 5 rings (SSSR count). The topological polar surface area (TPSA) is 96.7 Å². The van der Waals surface area contributed by atoms with Gasteiger partial charge in [0.1, 0.15) is 12.4 Å². The molecular weight excluding hydrogens is 409 g/mol. The number of nitrogens with one attached hydrogen (secondary N) is 1. The van der Waals surface area contributed by atoms with E-state index in [0.29, 0.717) is 10.7 Å². The highest BCUT2D eigenvalue weighted by Gasteiger charge is 2.36. The Morgan fingerprint density at radius 2 is 1.70 bits per heavy atom. The van der Waals surface area contributed by atoms with Gasteiger partial charge in [-0.2, -0.15) is 4.98 Å². The van der Waals surface area contributed by atoms with E-state index in [0.717, 1.165) is 10.5 Å². The molecule has 0 spiro atoms. The van der Waals surface area contributed by atoms with Crippen LogP contribution in [-0.4, -0.2) is 43.8 Å². The van der Waals surface area contributed by atoms with E-state index in [4.69, 9.17) is 0 Å². The van der Waals surface area contributed by atoms with Gasteiger partial charge in [0.2, 0.25) is 10.9 Å². The number of imide groups is 1. The van der Waals surface area contributed by atoms with Gasteiger partial charge in [-0.1, -0.05) is 12.1 Å². The molecule has 148 valence electrons. The van der Waals surface area contributed by atoms with Crippen LogP contribution in [-0.2, 0) is 4.79 Å². The van der Waals surface area contributed by atoms with Crippen LogP contribution in [0.15, 0.2) is 53.9 Å². The fourth-order valence-corrected chi connectivity index (χ4v) is 4.08. The van der Waals surface area contributed by atoms with Gasteiger partial charge in [-0.25, -0.2) is 8.91 Å². The first-order valence-corrected chi connectivity index (χ1v) is 9.74. The molecule has 0 saturated heterocycles. The summed E-state index contributed by atoms with van der Waals surface area (Å²) in [6, 6.07) is 12.4. The van der Waals surface area contributed by atoms with Gasteiger partial charge < -0.3 is 0 Å². The highest BCUT2D eigenvalue weighted by atomic mass is 32.1. The minimum absolute atomic E-state index is 0.0480. The van der Waals surface area contributed by atoms with Gasteiger partial charge >= 0.3 is 0 Å². The Kier molecular flexibility index (Phi) is 4.14. The quantitative estimate of drug-likeness (QED) is 0.511.